The number of H-pyrrole nitrogens is 1. The van der Waals surface area contributed by atoms with Crippen LogP contribution >= 0.6 is 0 Å². The van der Waals surface area contributed by atoms with Gasteiger partial charge in [0.15, 0.2) is 0 Å². The summed E-state index contributed by atoms with van der Waals surface area (Å²) in [4.78, 5) is 41.9. The van der Waals surface area contributed by atoms with Crippen LogP contribution in [0.25, 0.3) is 5.95 Å². The van der Waals surface area contributed by atoms with Crippen molar-refractivity contribution < 1.29 is 19.5 Å². The number of carbonyl (C=O) groups is 2. The van der Waals surface area contributed by atoms with E-state index in [1.807, 2.05) is 0 Å². The lowest BCUT2D eigenvalue weighted by Crippen LogP contribution is -2.33. The Morgan fingerprint density at radius 1 is 1.21 bits per heavy atom. The van der Waals surface area contributed by atoms with Gasteiger partial charge < -0.3 is 10.1 Å². The molecule has 0 aliphatic heterocycles. The van der Waals surface area contributed by atoms with Gasteiger partial charge in [0.05, 0.1) is 6.54 Å². The van der Waals surface area contributed by atoms with Gasteiger partial charge in [0.25, 0.3) is 17.4 Å². The van der Waals surface area contributed by atoms with Crippen molar-refractivity contribution in [3.8, 4) is 11.7 Å². The lowest BCUT2D eigenvalue weighted by molar-refractivity contribution is 0.0706. The van der Waals surface area contributed by atoms with E-state index in [1.165, 1.54) is 34.7 Å². The quantitative estimate of drug-likeness (QED) is 0.252. The fourth-order valence-electron chi connectivity index (χ4n) is 2.25. The molecule has 0 atom stereocenters. The van der Waals surface area contributed by atoms with Gasteiger partial charge >= 0.3 is 0 Å². The molecule has 0 saturated carbocycles. The van der Waals surface area contributed by atoms with E-state index >= 15 is 0 Å². The number of hydrogen-bond donors (Lipinski definition) is 4. The minimum atomic E-state index is -0.629. The number of benzene rings is 1. The van der Waals surface area contributed by atoms with Gasteiger partial charge in [0.2, 0.25) is 5.95 Å². The van der Waals surface area contributed by atoms with Gasteiger partial charge in [0.1, 0.15) is 17.9 Å². The number of hydrogen-bond acceptors (Lipinski definition) is 7. The van der Waals surface area contributed by atoms with Crippen molar-refractivity contribution in [2.24, 2.45) is 0 Å². The highest BCUT2D eigenvalue weighted by Gasteiger charge is 2.12. The number of hydroxylamine groups is 1. The molecular weight excluding hydrogens is 368 g/mol. The van der Waals surface area contributed by atoms with E-state index in [0.29, 0.717) is 5.75 Å². The Morgan fingerprint density at radius 2 is 2.00 bits per heavy atom. The molecule has 2 aromatic heterocycles. The molecular formula is C17H16N6O5. The van der Waals surface area contributed by atoms with E-state index in [1.54, 1.807) is 24.4 Å². The Hall–Kier alpha value is -3.99. The first-order valence-electron chi connectivity index (χ1n) is 8.13. The zero-order valence-corrected chi connectivity index (χ0v) is 14.5. The summed E-state index contributed by atoms with van der Waals surface area (Å²) >= 11 is 0. The van der Waals surface area contributed by atoms with Crippen molar-refractivity contribution >= 4 is 11.8 Å². The maximum Gasteiger partial charge on any atom is 0.274 e. The average molecular weight is 384 g/mol. The summed E-state index contributed by atoms with van der Waals surface area (Å²) in [5.41, 5.74) is 1.09. The highest BCUT2D eigenvalue weighted by molar-refractivity contribution is 5.93. The van der Waals surface area contributed by atoms with Crippen LogP contribution in [-0.4, -0.2) is 49.9 Å². The molecule has 3 aromatic rings. The second kappa shape index (κ2) is 8.60. The molecule has 0 saturated heterocycles. The van der Waals surface area contributed by atoms with Crippen LogP contribution in [0.3, 0.4) is 0 Å². The van der Waals surface area contributed by atoms with E-state index in [2.05, 4.69) is 20.4 Å². The fourth-order valence-corrected chi connectivity index (χ4v) is 2.25. The van der Waals surface area contributed by atoms with Crippen LogP contribution in [0.4, 0.5) is 0 Å². The smallest absolute Gasteiger partial charge is 0.274 e. The first kappa shape index (κ1) is 18.8. The second-order valence-corrected chi connectivity index (χ2v) is 5.47. The number of aromatic nitrogens is 4. The molecule has 0 aliphatic rings. The number of ether oxygens (including phenoxy) is 1. The van der Waals surface area contributed by atoms with Gasteiger partial charge in [-0.15, -0.1) is 0 Å². The summed E-state index contributed by atoms with van der Waals surface area (Å²) in [6.07, 6.45) is 4.32. The lowest BCUT2D eigenvalue weighted by Gasteiger charge is -2.08. The Morgan fingerprint density at radius 3 is 2.64 bits per heavy atom. The minimum absolute atomic E-state index is 0.129. The highest BCUT2D eigenvalue weighted by Crippen LogP contribution is 2.11. The van der Waals surface area contributed by atoms with Gasteiger partial charge in [-0.3, -0.25) is 24.6 Å². The first-order chi connectivity index (χ1) is 13.6. The molecule has 2 amide bonds. The normalized spacial score (nSPS) is 10.3. The predicted molar refractivity (Wildman–Crippen MR) is 95.5 cm³/mol. The largest absolute Gasteiger partial charge is 0.492 e. The molecule has 0 radical (unpaired) electrons. The van der Waals surface area contributed by atoms with Crippen molar-refractivity contribution in [2.75, 3.05) is 13.2 Å². The SMILES string of the molecule is O=C(NO)c1ccc(OCCNC(=O)c2cnc(-n3cccn3)[nH]c2=O)cc1. The van der Waals surface area contributed by atoms with Crippen LogP contribution in [0.2, 0.25) is 0 Å². The van der Waals surface area contributed by atoms with E-state index in [9.17, 15) is 14.4 Å². The molecule has 0 fully saturated rings. The summed E-state index contributed by atoms with van der Waals surface area (Å²) in [5.74, 6) is -0.532. The number of carbonyl (C=O) groups excluding carboxylic acids is 2. The number of amides is 2. The molecule has 4 N–H and O–H groups in total. The van der Waals surface area contributed by atoms with E-state index < -0.39 is 17.4 Å². The molecule has 2 heterocycles. The first-order valence-corrected chi connectivity index (χ1v) is 8.13. The zero-order chi connectivity index (χ0) is 19.9. The van der Waals surface area contributed by atoms with Crippen LogP contribution in [0.5, 0.6) is 5.75 Å². The Bertz CT molecular complexity index is 1010. The molecule has 1 aromatic carbocycles. The van der Waals surface area contributed by atoms with Gasteiger partial charge in [0, 0.05) is 24.2 Å². The summed E-state index contributed by atoms with van der Waals surface area (Å²) in [7, 11) is 0. The number of rotatable bonds is 7. The topological polar surface area (TPSA) is 151 Å². The standard InChI is InChI=1S/C17H16N6O5/c24-14(22-27)11-2-4-12(5-3-11)28-9-7-18-15(25)13-10-19-17(21-16(13)26)23-8-1-6-20-23/h1-6,8,10,27H,7,9H2,(H,18,25)(H,22,24)(H,19,21,26). The number of nitrogens with zero attached hydrogens (tertiary/aromatic N) is 3. The third-order valence-electron chi connectivity index (χ3n) is 3.63. The predicted octanol–water partition coefficient (Wildman–Crippen LogP) is -0.117. The van der Waals surface area contributed by atoms with Crippen LogP contribution in [0.15, 0.2) is 53.7 Å². The summed E-state index contributed by atoms with van der Waals surface area (Å²) in [6.45, 7) is 0.298. The number of nitrogens with one attached hydrogen (secondary N) is 3. The van der Waals surface area contributed by atoms with Crippen LogP contribution in [-0.2, 0) is 0 Å². The van der Waals surface area contributed by atoms with E-state index in [4.69, 9.17) is 9.94 Å². The fraction of sp³-hybridized carbons (Fsp3) is 0.118. The molecule has 3 rings (SSSR count). The molecule has 11 heteroatoms. The van der Waals surface area contributed by atoms with E-state index in [-0.39, 0.29) is 30.2 Å². The van der Waals surface area contributed by atoms with Gasteiger partial charge in [-0.1, -0.05) is 0 Å². The third kappa shape index (κ3) is 4.40. The Balaban J connectivity index is 1.50. The van der Waals surface area contributed by atoms with Gasteiger partial charge in [-0.2, -0.15) is 5.10 Å². The molecule has 0 spiro atoms. The molecule has 144 valence electrons. The molecule has 11 nitrogen and oxygen atoms in total. The monoisotopic (exact) mass is 384 g/mol. The van der Waals surface area contributed by atoms with Gasteiger partial charge in [-0.05, 0) is 30.3 Å². The van der Waals surface area contributed by atoms with Gasteiger partial charge in [-0.25, -0.2) is 15.1 Å². The molecule has 0 bridgehead atoms. The lowest BCUT2D eigenvalue weighted by atomic mass is 10.2. The van der Waals surface area contributed by atoms with Crippen molar-refractivity contribution in [1.29, 1.82) is 0 Å². The molecule has 0 aliphatic carbocycles. The van der Waals surface area contributed by atoms with E-state index in [0.717, 1.165) is 0 Å². The summed E-state index contributed by atoms with van der Waals surface area (Å²) in [5, 5.41) is 15.1. The zero-order valence-electron chi connectivity index (χ0n) is 14.5. The summed E-state index contributed by atoms with van der Waals surface area (Å²) in [6, 6.07) is 7.73. The van der Waals surface area contributed by atoms with Crippen molar-refractivity contribution in [3.63, 3.8) is 0 Å². The number of aromatic amines is 1. The van der Waals surface area contributed by atoms with Crippen molar-refractivity contribution in [1.82, 2.24) is 30.5 Å². The van der Waals surface area contributed by atoms with Crippen LogP contribution < -0.4 is 21.1 Å². The molecule has 28 heavy (non-hydrogen) atoms. The highest BCUT2D eigenvalue weighted by atomic mass is 16.5. The van der Waals surface area contributed by atoms with Crippen LogP contribution in [0.1, 0.15) is 20.7 Å². The van der Waals surface area contributed by atoms with Crippen molar-refractivity contribution in [2.45, 2.75) is 0 Å². The minimum Gasteiger partial charge on any atom is -0.492 e. The maximum absolute atomic E-state index is 12.1. The second-order valence-electron chi connectivity index (χ2n) is 5.47. The van der Waals surface area contributed by atoms with Crippen LogP contribution in [0, 0.1) is 0 Å². The molecule has 0 unspecified atom stereocenters. The third-order valence-corrected chi connectivity index (χ3v) is 3.63. The van der Waals surface area contributed by atoms with Crippen molar-refractivity contribution in [3.05, 3.63) is 70.4 Å². The average Bonchev–Trinajstić information content (AvgIpc) is 3.25. The summed E-state index contributed by atoms with van der Waals surface area (Å²) < 4.78 is 6.80. The Kier molecular flexibility index (Phi) is 5.77. The Labute approximate surface area is 157 Å². The maximum atomic E-state index is 12.1.